The summed E-state index contributed by atoms with van der Waals surface area (Å²) in [5.41, 5.74) is 6.53. The normalized spacial score (nSPS) is 9.92. The van der Waals surface area contributed by atoms with Gasteiger partial charge in [-0.1, -0.05) is 0 Å². The molecule has 2 rings (SSSR count). The molecule has 126 valence electrons. The maximum atomic E-state index is 11.5. The summed E-state index contributed by atoms with van der Waals surface area (Å²) in [6.07, 6.45) is 1.24. The van der Waals surface area contributed by atoms with Crippen LogP contribution in [0, 0.1) is 5.41 Å². The topological polar surface area (TPSA) is 135 Å². The molecule has 0 aliphatic heterocycles. The second-order valence-corrected chi connectivity index (χ2v) is 4.58. The van der Waals surface area contributed by atoms with Crippen LogP contribution in [0.5, 0.6) is 11.6 Å². The van der Waals surface area contributed by atoms with Gasteiger partial charge in [-0.3, -0.25) is 5.41 Å². The number of hydrogen-bond acceptors (Lipinski definition) is 7. The third-order valence-electron chi connectivity index (χ3n) is 2.94. The number of hydrogen-bond donors (Lipinski definition) is 4. The molecule has 2 amide bonds. The van der Waals surface area contributed by atoms with Crippen molar-refractivity contribution in [3.63, 3.8) is 0 Å². The van der Waals surface area contributed by atoms with E-state index in [0.717, 1.165) is 0 Å². The lowest BCUT2D eigenvalue weighted by molar-refractivity contribution is 0.252. The van der Waals surface area contributed by atoms with Gasteiger partial charge in [0.1, 0.15) is 23.5 Å². The molecular weight excluding hydrogens is 312 g/mol. The summed E-state index contributed by atoms with van der Waals surface area (Å²) in [7, 11) is 1.35. The van der Waals surface area contributed by atoms with Gasteiger partial charge in [0.2, 0.25) is 11.8 Å². The Morgan fingerprint density at radius 2 is 2.00 bits per heavy atom. The van der Waals surface area contributed by atoms with E-state index in [2.05, 4.69) is 20.6 Å². The number of nitrogens with one attached hydrogen (secondary N) is 3. The molecule has 1 aromatic heterocycles. The molecule has 0 atom stereocenters. The zero-order valence-corrected chi connectivity index (χ0v) is 13.3. The van der Waals surface area contributed by atoms with Crippen LogP contribution in [0.25, 0.3) is 0 Å². The molecule has 9 nitrogen and oxygen atoms in total. The van der Waals surface area contributed by atoms with Gasteiger partial charge < -0.3 is 25.8 Å². The molecule has 1 aromatic carbocycles. The Balaban J connectivity index is 2.16. The zero-order chi connectivity index (χ0) is 17.5. The number of nitrogen functional groups attached to an aromatic ring is 1. The number of carbonyl (C=O) groups is 1. The highest BCUT2D eigenvalue weighted by molar-refractivity contribution is 5.98. The molecule has 1 heterocycles. The number of carbonyl (C=O) groups excluding carboxylic acids is 1. The maximum absolute atomic E-state index is 11.5. The van der Waals surface area contributed by atoms with Crippen molar-refractivity contribution in [3.8, 4) is 11.6 Å². The Bertz CT molecular complexity index is 732. The van der Waals surface area contributed by atoms with E-state index in [1.165, 1.54) is 13.4 Å². The van der Waals surface area contributed by atoms with Gasteiger partial charge in [-0.2, -0.15) is 0 Å². The fourth-order valence-electron chi connectivity index (χ4n) is 1.83. The van der Waals surface area contributed by atoms with Gasteiger partial charge in [0.15, 0.2) is 0 Å². The van der Waals surface area contributed by atoms with E-state index >= 15 is 0 Å². The quantitative estimate of drug-likeness (QED) is 0.489. The van der Waals surface area contributed by atoms with Gasteiger partial charge in [0.05, 0.1) is 7.11 Å². The van der Waals surface area contributed by atoms with Crippen molar-refractivity contribution in [2.24, 2.45) is 0 Å². The predicted molar refractivity (Wildman–Crippen MR) is 89.5 cm³/mol. The average molecular weight is 330 g/mol. The van der Waals surface area contributed by atoms with Crippen molar-refractivity contribution in [1.29, 1.82) is 5.41 Å². The second-order valence-electron chi connectivity index (χ2n) is 4.58. The number of ether oxygens (including phenoxy) is 2. The minimum atomic E-state index is -0.287. The van der Waals surface area contributed by atoms with E-state index in [9.17, 15) is 4.79 Å². The Morgan fingerprint density at radius 1 is 1.29 bits per heavy atom. The van der Waals surface area contributed by atoms with Gasteiger partial charge >= 0.3 is 6.03 Å². The predicted octanol–water partition coefficient (Wildman–Crippen LogP) is 1.96. The molecule has 0 aliphatic carbocycles. The second kappa shape index (κ2) is 7.77. The molecule has 0 radical (unpaired) electrons. The van der Waals surface area contributed by atoms with Crippen LogP contribution in [0.1, 0.15) is 12.5 Å². The van der Waals surface area contributed by atoms with E-state index in [1.54, 1.807) is 24.3 Å². The average Bonchev–Trinajstić information content (AvgIpc) is 2.56. The number of anilines is 2. The zero-order valence-electron chi connectivity index (χ0n) is 13.3. The van der Waals surface area contributed by atoms with Crippen LogP contribution in [0.2, 0.25) is 0 Å². The van der Waals surface area contributed by atoms with Crippen LogP contribution in [-0.2, 0) is 4.74 Å². The highest BCUT2D eigenvalue weighted by atomic mass is 16.5. The number of methoxy groups -OCH3 is 1. The Kier molecular flexibility index (Phi) is 5.50. The molecule has 5 N–H and O–H groups in total. The van der Waals surface area contributed by atoms with Crippen LogP contribution in [0.15, 0.2) is 30.6 Å². The number of amides is 2. The summed E-state index contributed by atoms with van der Waals surface area (Å²) in [6.45, 7) is 2.37. The van der Waals surface area contributed by atoms with Crippen molar-refractivity contribution in [2.75, 3.05) is 24.7 Å². The van der Waals surface area contributed by atoms with Crippen LogP contribution in [0.4, 0.5) is 16.3 Å². The number of nitrogens with zero attached hydrogens (tertiary/aromatic N) is 2. The summed E-state index contributed by atoms with van der Waals surface area (Å²) in [5, 5.41) is 13.1. The van der Waals surface area contributed by atoms with Crippen LogP contribution in [-0.4, -0.2) is 35.6 Å². The van der Waals surface area contributed by atoms with E-state index < -0.39 is 0 Å². The number of benzene rings is 1. The van der Waals surface area contributed by atoms with Gasteiger partial charge in [-0.25, -0.2) is 14.8 Å². The molecule has 0 saturated carbocycles. The van der Waals surface area contributed by atoms with Gasteiger partial charge in [-0.05, 0) is 31.2 Å². The lowest BCUT2D eigenvalue weighted by atomic mass is 10.2. The first kappa shape index (κ1) is 17.0. The van der Waals surface area contributed by atoms with Crippen molar-refractivity contribution < 1.29 is 14.3 Å². The first-order chi connectivity index (χ1) is 11.5. The van der Waals surface area contributed by atoms with Gasteiger partial charge in [-0.15, -0.1) is 0 Å². The highest BCUT2D eigenvalue weighted by Crippen LogP contribution is 2.27. The van der Waals surface area contributed by atoms with Crippen molar-refractivity contribution in [3.05, 3.63) is 36.2 Å². The van der Waals surface area contributed by atoms with Gasteiger partial charge in [0, 0.05) is 12.2 Å². The lowest BCUT2D eigenvalue weighted by Gasteiger charge is -2.12. The molecule has 0 aliphatic rings. The minimum absolute atomic E-state index is 0.0846. The Labute approximate surface area is 138 Å². The lowest BCUT2D eigenvalue weighted by Crippen LogP contribution is -2.28. The largest absolute Gasteiger partial charge is 0.481 e. The fraction of sp³-hybridized carbons (Fsp3) is 0.200. The Morgan fingerprint density at radius 3 is 2.62 bits per heavy atom. The van der Waals surface area contributed by atoms with E-state index in [0.29, 0.717) is 18.0 Å². The number of aromatic nitrogens is 2. The highest BCUT2D eigenvalue weighted by Gasteiger charge is 2.17. The molecule has 0 saturated heterocycles. The Hall–Kier alpha value is -3.36. The van der Waals surface area contributed by atoms with E-state index in [-0.39, 0.29) is 29.2 Å². The molecule has 24 heavy (non-hydrogen) atoms. The molecule has 0 unspecified atom stereocenters. The fourth-order valence-corrected chi connectivity index (χ4v) is 1.83. The molecule has 9 heteroatoms. The summed E-state index contributed by atoms with van der Waals surface area (Å²) >= 11 is 0. The molecule has 0 fully saturated rings. The van der Waals surface area contributed by atoms with Crippen molar-refractivity contribution >= 4 is 23.4 Å². The SMILES string of the molecule is CCNC(=O)Nc1ccc(Oc2ncnc(N)c2C(=N)OC)cc1. The minimum Gasteiger partial charge on any atom is -0.481 e. The monoisotopic (exact) mass is 330 g/mol. The third-order valence-corrected chi connectivity index (χ3v) is 2.94. The van der Waals surface area contributed by atoms with Gasteiger partial charge in [0.25, 0.3) is 0 Å². The number of rotatable bonds is 5. The summed E-state index contributed by atoms with van der Waals surface area (Å²) in [4.78, 5) is 19.3. The smallest absolute Gasteiger partial charge is 0.319 e. The molecule has 0 spiro atoms. The van der Waals surface area contributed by atoms with Crippen LogP contribution in [0.3, 0.4) is 0 Å². The molecule has 0 bridgehead atoms. The van der Waals surface area contributed by atoms with Crippen LogP contribution >= 0.6 is 0 Å². The molecule has 2 aromatic rings. The number of urea groups is 1. The van der Waals surface area contributed by atoms with Crippen LogP contribution < -0.4 is 21.1 Å². The van der Waals surface area contributed by atoms with Crippen molar-refractivity contribution in [1.82, 2.24) is 15.3 Å². The maximum Gasteiger partial charge on any atom is 0.319 e. The molecular formula is C15H18N6O3. The standard InChI is InChI=1S/C15H18N6O3/c1-3-18-15(22)21-9-4-6-10(7-5-9)24-14-11(13(17)23-2)12(16)19-8-20-14/h4-8,17H,3H2,1-2H3,(H2,16,19,20)(H2,18,21,22). The first-order valence-corrected chi connectivity index (χ1v) is 7.11. The van der Waals surface area contributed by atoms with E-state index in [4.69, 9.17) is 20.6 Å². The first-order valence-electron chi connectivity index (χ1n) is 7.11. The summed E-state index contributed by atoms with van der Waals surface area (Å²) in [5.74, 6) is 0.456. The summed E-state index contributed by atoms with van der Waals surface area (Å²) in [6, 6.07) is 6.37. The third kappa shape index (κ3) is 4.09. The summed E-state index contributed by atoms with van der Waals surface area (Å²) < 4.78 is 10.5. The van der Waals surface area contributed by atoms with E-state index in [1.807, 2.05) is 6.92 Å². The number of nitrogens with two attached hydrogens (primary N) is 1. The van der Waals surface area contributed by atoms with Crippen molar-refractivity contribution in [2.45, 2.75) is 6.92 Å².